The van der Waals surface area contributed by atoms with E-state index in [-0.39, 0.29) is 18.9 Å². The number of rotatable bonds is 56. The molecule has 2 fully saturated rings. The van der Waals surface area contributed by atoms with Crippen molar-refractivity contribution in [2.24, 2.45) is 0 Å². The van der Waals surface area contributed by atoms with Crippen molar-refractivity contribution in [1.29, 1.82) is 0 Å². The number of aliphatic hydroxyl groups is 8. The van der Waals surface area contributed by atoms with E-state index in [0.717, 1.165) is 103 Å². The van der Waals surface area contributed by atoms with Gasteiger partial charge < -0.3 is 65.1 Å². The maximum atomic E-state index is 13.3. The summed E-state index contributed by atoms with van der Waals surface area (Å²) >= 11 is 0. The average Bonchev–Trinajstić information content (AvgIpc) is 1.55. The lowest BCUT2D eigenvalue weighted by Gasteiger charge is -2.46. The van der Waals surface area contributed by atoms with Crippen LogP contribution in [-0.4, -0.2) is 140 Å². The van der Waals surface area contributed by atoms with Crippen molar-refractivity contribution < 1.29 is 64.6 Å². The predicted molar refractivity (Wildman–Crippen MR) is 355 cm³/mol. The maximum Gasteiger partial charge on any atom is 0.220 e. The summed E-state index contributed by atoms with van der Waals surface area (Å²) in [4.78, 5) is 13.3. The highest BCUT2D eigenvalue weighted by Gasteiger charge is 2.51. The minimum absolute atomic E-state index is 0.232. The number of amides is 1. The monoisotopic (exact) mass is 1230 g/mol. The predicted octanol–water partition coefficient (Wildman–Crippen LogP) is 14.2. The van der Waals surface area contributed by atoms with E-state index in [4.69, 9.17) is 18.9 Å². The third kappa shape index (κ3) is 41.1. The average molecular weight is 1230 g/mol. The van der Waals surface area contributed by atoms with Crippen LogP contribution in [0.5, 0.6) is 0 Å². The molecule has 14 nitrogen and oxygen atoms in total. The van der Waals surface area contributed by atoms with Crippen LogP contribution in [0.25, 0.3) is 0 Å². The van der Waals surface area contributed by atoms with Crippen molar-refractivity contribution in [1.82, 2.24) is 5.32 Å². The topological polar surface area (TPSA) is 228 Å². The highest BCUT2D eigenvalue weighted by Crippen LogP contribution is 2.30. The summed E-state index contributed by atoms with van der Waals surface area (Å²) in [6.07, 6.45) is 62.6. The Bertz CT molecular complexity index is 1830. The normalized spacial score (nSPS) is 23.9. The lowest BCUT2D eigenvalue weighted by molar-refractivity contribution is -0.359. The number of aliphatic hydroxyl groups excluding tert-OH is 8. The summed E-state index contributed by atoms with van der Waals surface area (Å²) in [7, 11) is 0. The van der Waals surface area contributed by atoms with Gasteiger partial charge in [0.05, 0.1) is 32.0 Å². The fraction of sp³-hybridized carbons (Fsp3) is 0.767. The molecule has 12 atom stereocenters. The van der Waals surface area contributed by atoms with Crippen LogP contribution < -0.4 is 5.32 Å². The van der Waals surface area contributed by atoms with Gasteiger partial charge in [0.25, 0.3) is 0 Å². The summed E-state index contributed by atoms with van der Waals surface area (Å²) < 4.78 is 22.9. The van der Waals surface area contributed by atoms with Gasteiger partial charge in [0.1, 0.15) is 48.8 Å². The highest BCUT2D eigenvalue weighted by atomic mass is 16.7. The molecule has 0 aromatic heterocycles. The fourth-order valence-corrected chi connectivity index (χ4v) is 11.0. The molecule has 0 aromatic carbocycles. The molecular formula is C73H127NO13. The Balaban J connectivity index is 1.71. The van der Waals surface area contributed by atoms with E-state index in [0.29, 0.717) is 12.8 Å². The van der Waals surface area contributed by atoms with E-state index in [1.807, 2.05) is 0 Å². The van der Waals surface area contributed by atoms with Crippen LogP contribution in [0.2, 0.25) is 0 Å². The van der Waals surface area contributed by atoms with Gasteiger partial charge in [-0.05, 0) is 77.0 Å². The van der Waals surface area contributed by atoms with Crippen LogP contribution in [0.4, 0.5) is 0 Å². The fourth-order valence-electron chi connectivity index (χ4n) is 11.0. The standard InChI is InChI=1S/C73H127NO13/c1-3-5-7-9-11-13-15-17-19-21-23-25-27-29-30-31-32-33-35-37-39-41-43-45-47-49-51-53-55-57-65(78)74-61(60-84-72-70(83)68(81)71(64(59-76)86-72)87-73-69(82)67(80)66(79)63(58-75)85-73)62(77)56-54-52-50-48-46-44-42-40-38-36-34-28-26-24-22-20-18-16-14-12-10-8-6-4-2/h5,7,11,13,17,19,23,25,29-30,32-33,37,39,43,45,61-64,66-73,75-77,79-83H,3-4,6,8-10,12,14-16,18,20-22,24,26-28,31,34-36,38,40-42,44,46-60H2,1-2H3,(H,74,78)/b7-5-,13-11-,19-17-,25-23-,30-29-,33-32-,39-37-,45-43-. The van der Waals surface area contributed by atoms with Crippen molar-refractivity contribution in [2.45, 2.75) is 338 Å². The molecule has 9 N–H and O–H groups in total. The lowest BCUT2D eigenvalue weighted by Crippen LogP contribution is -2.65. The number of hydrogen-bond acceptors (Lipinski definition) is 13. The molecule has 0 bridgehead atoms. The smallest absolute Gasteiger partial charge is 0.220 e. The van der Waals surface area contributed by atoms with Gasteiger partial charge in [-0.1, -0.05) is 278 Å². The first-order chi connectivity index (χ1) is 42.6. The third-order valence-electron chi connectivity index (χ3n) is 16.6. The van der Waals surface area contributed by atoms with Gasteiger partial charge in [-0.3, -0.25) is 4.79 Å². The minimum Gasteiger partial charge on any atom is -0.394 e. The SMILES string of the molecule is CC/C=C\C/C=C\C/C=C\C/C=C\C/C=C\C/C=C\C/C=C\C/C=C\CCCCCCC(=O)NC(COC1OC(CO)C(OC2OC(CO)C(O)C(O)C2O)C(O)C1O)C(O)CCCCCCCCCCCCCCCCCCCCCCCCCC. The maximum absolute atomic E-state index is 13.3. The Morgan fingerprint density at radius 2 is 0.793 bits per heavy atom. The molecule has 0 saturated carbocycles. The van der Waals surface area contributed by atoms with Gasteiger partial charge in [0.15, 0.2) is 12.6 Å². The highest BCUT2D eigenvalue weighted by molar-refractivity contribution is 5.76. The van der Waals surface area contributed by atoms with E-state index < -0.39 is 86.8 Å². The molecule has 502 valence electrons. The summed E-state index contributed by atoms with van der Waals surface area (Å²) in [6.45, 7) is 2.75. The van der Waals surface area contributed by atoms with Gasteiger partial charge in [-0.15, -0.1) is 0 Å². The Morgan fingerprint density at radius 3 is 1.22 bits per heavy atom. The molecule has 0 spiro atoms. The first-order valence-corrected chi connectivity index (χ1v) is 35.0. The molecular weight excluding hydrogens is 1100 g/mol. The van der Waals surface area contributed by atoms with E-state index in [1.165, 1.54) is 128 Å². The Morgan fingerprint density at radius 1 is 0.425 bits per heavy atom. The largest absolute Gasteiger partial charge is 0.394 e. The number of unbranched alkanes of at least 4 members (excludes halogenated alkanes) is 27. The molecule has 0 aromatic rings. The second-order valence-electron chi connectivity index (χ2n) is 24.3. The summed E-state index contributed by atoms with van der Waals surface area (Å²) in [5.74, 6) is -0.232. The molecule has 2 aliphatic heterocycles. The Hall–Kier alpha value is -3.09. The van der Waals surface area contributed by atoms with E-state index in [1.54, 1.807) is 0 Å². The number of nitrogens with one attached hydrogen (secondary N) is 1. The van der Waals surface area contributed by atoms with Crippen molar-refractivity contribution >= 4 is 5.91 Å². The molecule has 2 aliphatic rings. The zero-order valence-electron chi connectivity index (χ0n) is 54.5. The summed E-state index contributed by atoms with van der Waals surface area (Å²) in [6, 6.07) is -0.851. The quantitative estimate of drug-likeness (QED) is 0.0204. The summed E-state index contributed by atoms with van der Waals surface area (Å²) in [5.41, 5.74) is 0. The molecule has 1 amide bonds. The number of hydrogen-bond donors (Lipinski definition) is 9. The zero-order valence-corrected chi connectivity index (χ0v) is 54.5. The molecule has 0 aliphatic carbocycles. The van der Waals surface area contributed by atoms with Gasteiger partial charge in [0.2, 0.25) is 5.91 Å². The van der Waals surface area contributed by atoms with Gasteiger partial charge in [0, 0.05) is 6.42 Å². The van der Waals surface area contributed by atoms with Crippen LogP contribution >= 0.6 is 0 Å². The molecule has 12 unspecified atom stereocenters. The van der Waals surface area contributed by atoms with Gasteiger partial charge in [-0.2, -0.15) is 0 Å². The van der Waals surface area contributed by atoms with Gasteiger partial charge in [-0.25, -0.2) is 0 Å². The molecule has 0 radical (unpaired) electrons. The van der Waals surface area contributed by atoms with Crippen molar-refractivity contribution in [3.63, 3.8) is 0 Å². The summed E-state index contributed by atoms with van der Waals surface area (Å²) in [5, 5.41) is 87.6. The molecule has 87 heavy (non-hydrogen) atoms. The Labute approximate surface area is 528 Å². The van der Waals surface area contributed by atoms with Crippen LogP contribution in [0.1, 0.15) is 264 Å². The van der Waals surface area contributed by atoms with Gasteiger partial charge >= 0.3 is 0 Å². The molecule has 2 rings (SSSR count). The number of allylic oxidation sites excluding steroid dienone is 16. The Kier molecular flexibility index (Phi) is 52.3. The molecule has 2 saturated heterocycles. The molecule has 14 heteroatoms. The van der Waals surface area contributed by atoms with E-state index in [9.17, 15) is 45.6 Å². The second kappa shape index (κ2) is 56.9. The number of ether oxygens (including phenoxy) is 4. The van der Waals surface area contributed by atoms with Crippen LogP contribution in [0.15, 0.2) is 97.2 Å². The minimum atomic E-state index is -1.79. The van der Waals surface area contributed by atoms with Crippen LogP contribution in [0, 0.1) is 0 Å². The zero-order chi connectivity index (χ0) is 63.1. The van der Waals surface area contributed by atoms with E-state index >= 15 is 0 Å². The van der Waals surface area contributed by atoms with Crippen LogP contribution in [0.3, 0.4) is 0 Å². The molecule has 2 heterocycles. The first kappa shape index (κ1) is 80.0. The lowest BCUT2D eigenvalue weighted by atomic mass is 9.97. The first-order valence-electron chi connectivity index (χ1n) is 35.0. The number of carbonyl (C=O) groups excluding carboxylic acids is 1. The third-order valence-corrected chi connectivity index (χ3v) is 16.6. The van der Waals surface area contributed by atoms with Crippen molar-refractivity contribution in [3.8, 4) is 0 Å². The van der Waals surface area contributed by atoms with Crippen LogP contribution in [-0.2, 0) is 23.7 Å². The van der Waals surface area contributed by atoms with Crippen molar-refractivity contribution in [2.75, 3.05) is 19.8 Å². The second-order valence-corrected chi connectivity index (χ2v) is 24.3. The van der Waals surface area contributed by atoms with E-state index in [2.05, 4.69) is 116 Å². The van der Waals surface area contributed by atoms with Crippen molar-refractivity contribution in [3.05, 3.63) is 97.2 Å². The number of carbonyl (C=O) groups is 1.